The monoisotopic (exact) mass is 420 g/mol. The smallest absolute Gasteiger partial charge is 0.239 e. The average molecular weight is 421 g/mol. The van der Waals surface area contributed by atoms with E-state index in [1.165, 1.54) is 0 Å². The largest absolute Gasteiger partial charge is 0.383 e. The Morgan fingerprint density at radius 2 is 2.11 bits per heavy atom. The quantitative estimate of drug-likeness (QED) is 0.523. The molecule has 2 aromatic heterocycles. The normalized spacial score (nSPS) is 12.2. The van der Waals surface area contributed by atoms with Crippen molar-refractivity contribution in [3.05, 3.63) is 53.6 Å². The van der Waals surface area contributed by atoms with Gasteiger partial charge < -0.3 is 9.30 Å². The summed E-state index contributed by atoms with van der Waals surface area (Å²) in [5, 5.41) is 0.733. The maximum absolute atomic E-state index is 12.8. The number of hydrogen-bond acceptors (Lipinski definition) is 5. The molecule has 0 saturated heterocycles. The van der Waals surface area contributed by atoms with Gasteiger partial charge in [-0.3, -0.25) is 9.10 Å². The standard InChI is InChI=1S/C19H21ClN4O3S/c1-3-17(25)28(26)24(10-11-27-2)16-7-5-4-6-15(16)13-23-9-8-14-12-21-19(20)22-18(14)23/h4-9,12H,3,10-11,13H2,1-2H3. The van der Waals surface area contributed by atoms with Gasteiger partial charge in [0.25, 0.3) is 0 Å². The molecule has 0 radical (unpaired) electrons. The molecule has 0 saturated carbocycles. The van der Waals surface area contributed by atoms with Gasteiger partial charge >= 0.3 is 0 Å². The molecule has 0 fully saturated rings. The molecule has 0 aliphatic heterocycles. The van der Waals surface area contributed by atoms with Crippen molar-refractivity contribution in [2.75, 3.05) is 24.6 Å². The van der Waals surface area contributed by atoms with E-state index in [1.807, 2.05) is 41.1 Å². The molecule has 28 heavy (non-hydrogen) atoms. The predicted octanol–water partition coefficient (Wildman–Crippen LogP) is 3.19. The molecule has 9 heteroatoms. The van der Waals surface area contributed by atoms with Crippen LogP contribution in [-0.2, 0) is 27.1 Å². The third-order valence-electron chi connectivity index (χ3n) is 4.26. The van der Waals surface area contributed by atoms with E-state index < -0.39 is 11.0 Å². The van der Waals surface area contributed by atoms with Crippen molar-refractivity contribution < 1.29 is 13.7 Å². The number of fused-ring (bicyclic) bond motifs is 1. The van der Waals surface area contributed by atoms with E-state index in [0.717, 1.165) is 16.6 Å². The number of nitrogens with zero attached hydrogens (tertiary/aromatic N) is 4. The SMILES string of the molecule is CCC(=O)S(=O)N(CCOC)c1ccccc1Cn1ccc2cnc(Cl)nc21. The molecular formula is C19H21ClN4O3S. The summed E-state index contributed by atoms with van der Waals surface area (Å²) in [5.74, 6) is 0. The maximum Gasteiger partial charge on any atom is 0.239 e. The van der Waals surface area contributed by atoms with E-state index in [-0.39, 0.29) is 16.8 Å². The van der Waals surface area contributed by atoms with Crippen molar-refractivity contribution in [1.82, 2.24) is 14.5 Å². The summed E-state index contributed by atoms with van der Waals surface area (Å²) in [7, 11) is -0.213. The van der Waals surface area contributed by atoms with Crippen LogP contribution in [0.5, 0.6) is 0 Å². The highest BCUT2D eigenvalue weighted by Gasteiger charge is 2.22. The van der Waals surface area contributed by atoms with Crippen LogP contribution in [0.3, 0.4) is 0 Å². The second-order valence-electron chi connectivity index (χ2n) is 6.06. The number of rotatable bonds is 8. The summed E-state index contributed by atoms with van der Waals surface area (Å²) < 4.78 is 21.5. The van der Waals surface area contributed by atoms with Crippen LogP contribution in [0.2, 0.25) is 5.28 Å². The number of carbonyl (C=O) groups excluding carboxylic acids is 1. The van der Waals surface area contributed by atoms with Gasteiger partial charge in [0.1, 0.15) is 5.65 Å². The molecular weight excluding hydrogens is 400 g/mol. The first kappa shape index (κ1) is 20.4. The zero-order valence-electron chi connectivity index (χ0n) is 15.7. The molecule has 2 heterocycles. The second-order valence-corrected chi connectivity index (χ2v) is 7.79. The second kappa shape index (κ2) is 9.27. The van der Waals surface area contributed by atoms with Crippen LogP contribution in [-0.4, -0.2) is 44.1 Å². The molecule has 0 bridgehead atoms. The van der Waals surface area contributed by atoms with E-state index in [9.17, 15) is 9.00 Å². The summed E-state index contributed by atoms with van der Waals surface area (Å²) in [6.45, 7) is 2.88. The lowest BCUT2D eigenvalue weighted by atomic mass is 10.1. The minimum Gasteiger partial charge on any atom is -0.383 e. The molecule has 1 unspecified atom stereocenters. The number of para-hydroxylation sites is 1. The first-order valence-corrected chi connectivity index (χ1v) is 10.3. The highest BCUT2D eigenvalue weighted by molar-refractivity contribution is 8.01. The summed E-state index contributed by atoms with van der Waals surface area (Å²) in [4.78, 5) is 20.4. The van der Waals surface area contributed by atoms with E-state index in [4.69, 9.17) is 16.3 Å². The fourth-order valence-electron chi connectivity index (χ4n) is 2.86. The van der Waals surface area contributed by atoms with Crippen molar-refractivity contribution in [2.45, 2.75) is 19.9 Å². The van der Waals surface area contributed by atoms with E-state index in [0.29, 0.717) is 25.3 Å². The molecule has 148 valence electrons. The van der Waals surface area contributed by atoms with Gasteiger partial charge in [-0.1, -0.05) is 25.1 Å². The lowest BCUT2D eigenvalue weighted by molar-refractivity contribution is -0.111. The number of benzene rings is 1. The van der Waals surface area contributed by atoms with Gasteiger partial charge in [-0.2, -0.15) is 4.98 Å². The lowest BCUT2D eigenvalue weighted by Crippen LogP contribution is -2.34. The number of anilines is 1. The Labute approximate surface area is 170 Å². The third kappa shape index (κ3) is 4.40. The lowest BCUT2D eigenvalue weighted by Gasteiger charge is -2.25. The first-order chi connectivity index (χ1) is 13.5. The van der Waals surface area contributed by atoms with Crippen LogP contribution in [0.25, 0.3) is 11.0 Å². The van der Waals surface area contributed by atoms with Crippen LogP contribution in [0.15, 0.2) is 42.7 Å². The summed E-state index contributed by atoms with van der Waals surface area (Å²) in [5.41, 5.74) is 2.34. The summed E-state index contributed by atoms with van der Waals surface area (Å²) >= 11 is 5.95. The van der Waals surface area contributed by atoms with Crippen molar-refractivity contribution >= 4 is 44.4 Å². The van der Waals surface area contributed by atoms with Gasteiger partial charge in [0, 0.05) is 31.3 Å². The Kier molecular flexibility index (Phi) is 6.77. The van der Waals surface area contributed by atoms with E-state index in [2.05, 4.69) is 9.97 Å². The number of aromatic nitrogens is 3. The molecule has 0 aliphatic carbocycles. The molecule has 0 spiro atoms. The van der Waals surface area contributed by atoms with E-state index >= 15 is 0 Å². The molecule has 0 N–H and O–H groups in total. The number of halogens is 1. The van der Waals surface area contributed by atoms with Crippen LogP contribution in [0.1, 0.15) is 18.9 Å². The molecule has 0 amide bonds. The van der Waals surface area contributed by atoms with Gasteiger partial charge in [0.15, 0.2) is 11.0 Å². The number of hydrogen-bond donors (Lipinski definition) is 0. The highest BCUT2D eigenvalue weighted by Crippen LogP contribution is 2.25. The first-order valence-electron chi connectivity index (χ1n) is 8.81. The fraction of sp³-hybridized carbons (Fsp3) is 0.316. The Bertz CT molecular complexity index is 1010. The summed E-state index contributed by atoms with van der Waals surface area (Å²) in [6.07, 6.45) is 3.78. The number of ether oxygens (including phenoxy) is 1. The molecule has 3 rings (SSSR count). The van der Waals surface area contributed by atoms with Crippen LogP contribution >= 0.6 is 11.6 Å². The molecule has 0 aliphatic rings. The van der Waals surface area contributed by atoms with Gasteiger partial charge in [0.2, 0.25) is 10.4 Å². The third-order valence-corrected chi connectivity index (χ3v) is 5.90. The molecule has 1 atom stereocenters. The Balaban J connectivity index is 1.99. The topological polar surface area (TPSA) is 77.3 Å². The number of carbonyl (C=O) groups is 1. The van der Waals surface area contributed by atoms with Gasteiger partial charge in [-0.25, -0.2) is 9.19 Å². The average Bonchev–Trinajstić information content (AvgIpc) is 3.10. The predicted molar refractivity (Wildman–Crippen MR) is 111 cm³/mol. The van der Waals surface area contributed by atoms with Crippen molar-refractivity contribution in [1.29, 1.82) is 0 Å². The van der Waals surface area contributed by atoms with Crippen molar-refractivity contribution in [2.24, 2.45) is 0 Å². The zero-order valence-corrected chi connectivity index (χ0v) is 17.2. The Morgan fingerprint density at radius 1 is 1.32 bits per heavy atom. The minimum absolute atomic E-state index is 0.178. The van der Waals surface area contributed by atoms with E-state index in [1.54, 1.807) is 24.5 Å². The Morgan fingerprint density at radius 3 is 2.86 bits per heavy atom. The van der Waals surface area contributed by atoms with Crippen LogP contribution < -0.4 is 4.31 Å². The maximum atomic E-state index is 12.8. The zero-order chi connectivity index (χ0) is 20.1. The van der Waals surface area contributed by atoms with Crippen molar-refractivity contribution in [3.63, 3.8) is 0 Å². The Hall–Kier alpha value is -2.29. The minimum atomic E-state index is -1.79. The van der Waals surface area contributed by atoms with Crippen LogP contribution in [0.4, 0.5) is 5.69 Å². The summed E-state index contributed by atoms with van der Waals surface area (Å²) in [6, 6.07) is 9.48. The van der Waals surface area contributed by atoms with Crippen LogP contribution in [0, 0.1) is 0 Å². The van der Waals surface area contributed by atoms with Crippen molar-refractivity contribution in [3.8, 4) is 0 Å². The van der Waals surface area contributed by atoms with Gasteiger partial charge in [0.05, 0.1) is 25.4 Å². The fourth-order valence-corrected chi connectivity index (χ4v) is 4.08. The number of methoxy groups -OCH3 is 1. The molecule has 1 aromatic carbocycles. The molecule has 3 aromatic rings. The molecule has 7 nitrogen and oxygen atoms in total. The van der Waals surface area contributed by atoms with Gasteiger partial charge in [-0.05, 0) is 29.3 Å². The van der Waals surface area contributed by atoms with Gasteiger partial charge in [-0.15, -0.1) is 0 Å². The highest BCUT2D eigenvalue weighted by atomic mass is 35.5.